The molecule has 8 heteroatoms. The summed E-state index contributed by atoms with van der Waals surface area (Å²) >= 11 is 0. The van der Waals surface area contributed by atoms with Crippen molar-refractivity contribution in [3.63, 3.8) is 0 Å². The third-order valence-electron chi connectivity index (χ3n) is 5.63. The van der Waals surface area contributed by atoms with E-state index in [0.29, 0.717) is 11.1 Å². The van der Waals surface area contributed by atoms with Crippen molar-refractivity contribution in [3.8, 4) is 0 Å². The van der Waals surface area contributed by atoms with Gasteiger partial charge in [0, 0.05) is 16.6 Å². The lowest BCUT2D eigenvalue weighted by Crippen LogP contribution is -2.48. The van der Waals surface area contributed by atoms with Gasteiger partial charge in [0.2, 0.25) is 0 Å². The van der Waals surface area contributed by atoms with E-state index in [1.807, 2.05) is 60.0 Å². The van der Waals surface area contributed by atoms with Gasteiger partial charge in [0.05, 0.1) is 30.9 Å². The molecule has 1 unspecified atom stereocenters. The minimum atomic E-state index is -0.964. The summed E-state index contributed by atoms with van der Waals surface area (Å²) in [7, 11) is 0. The highest BCUT2D eigenvalue weighted by molar-refractivity contribution is 6.05. The van der Waals surface area contributed by atoms with E-state index in [0.717, 1.165) is 11.1 Å². The van der Waals surface area contributed by atoms with E-state index in [9.17, 15) is 14.7 Å². The minimum Gasteiger partial charge on any atom is -0.478 e. The number of carbonyl (C=O) groups is 2. The number of nitrogens with one attached hydrogen (secondary N) is 1. The number of para-hydroxylation sites is 1. The smallest absolute Gasteiger partial charge is 0.407 e. The van der Waals surface area contributed by atoms with Crippen LogP contribution in [0.4, 0.5) is 4.79 Å². The van der Waals surface area contributed by atoms with Crippen molar-refractivity contribution in [1.82, 2.24) is 9.88 Å². The lowest BCUT2D eigenvalue weighted by Gasteiger charge is -2.34. The summed E-state index contributed by atoms with van der Waals surface area (Å²) in [6, 6.07) is 16.2. The van der Waals surface area contributed by atoms with Crippen LogP contribution in [0.1, 0.15) is 34.6 Å². The van der Waals surface area contributed by atoms with Gasteiger partial charge in [-0.1, -0.05) is 48.5 Å². The van der Waals surface area contributed by atoms with Gasteiger partial charge in [-0.2, -0.15) is 0 Å². The first-order chi connectivity index (χ1) is 15.5. The van der Waals surface area contributed by atoms with E-state index in [-0.39, 0.29) is 37.5 Å². The second kappa shape index (κ2) is 9.42. The Bertz CT molecular complexity index is 1100. The van der Waals surface area contributed by atoms with E-state index in [1.54, 1.807) is 13.0 Å². The standard InChI is InChI=1S/C24H26N2O6/c1-15-21(22(27)28)19-10-6-7-11-20(19)26(15)16(2)23-30-13-18(14-31-23)25-24(29)32-12-17-8-4-3-5-9-17/h3-11,16,18,23H,12-14H2,1-2H3,(H,25,29)(H,27,28). The van der Waals surface area contributed by atoms with Gasteiger partial charge in [-0.15, -0.1) is 0 Å². The van der Waals surface area contributed by atoms with Crippen molar-refractivity contribution in [2.45, 2.75) is 38.8 Å². The second-order valence-corrected chi connectivity index (χ2v) is 7.83. The first kappa shape index (κ1) is 21.9. The molecule has 0 aliphatic carbocycles. The molecule has 1 aromatic heterocycles. The average Bonchev–Trinajstić information content (AvgIpc) is 3.10. The van der Waals surface area contributed by atoms with E-state index in [4.69, 9.17) is 14.2 Å². The summed E-state index contributed by atoms with van der Waals surface area (Å²) in [5.41, 5.74) is 2.64. The van der Waals surface area contributed by atoms with Gasteiger partial charge in [-0.25, -0.2) is 9.59 Å². The molecule has 1 atom stereocenters. The van der Waals surface area contributed by atoms with Crippen molar-refractivity contribution in [2.75, 3.05) is 13.2 Å². The summed E-state index contributed by atoms with van der Waals surface area (Å²) < 4.78 is 18.9. The SMILES string of the molecule is Cc1c(C(=O)O)c2ccccc2n1C(C)C1OCC(NC(=O)OCc2ccccc2)CO1. The van der Waals surface area contributed by atoms with Crippen molar-refractivity contribution in [3.05, 3.63) is 71.4 Å². The molecule has 1 fully saturated rings. The molecule has 0 saturated carbocycles. The van der Waals surface area contributed by atoms with Crippen LogP contribution in [-0.4, -0.2) is 47.3 Å². The largest absolute Gasteiger partial charge is 0.478 e. The molecule has 1 saturated heterocycles. The van der Waals surface area contributed by atoms with Crippen molar-refractivity contribution < 1.29 is 28.9 Å². The van der Waals surface area contributed by atoms with E-state index < -0.39 is 18.4 Å². The second-order valence-electron chi connectivity index (χ2n) is 7.83. The van der Waals surface area contributed by atoms with E-state index in [1.165, 1.54) is 0 Å². The van der Waals surface area contributed by atoms with Crippen molar-refractivity contribution >= 4 is 23.0 Å². The molecule has 0 radical (unpaired) electrons. The van der Waals surface area contributed by atoms with Gasteiger partial charge in [0.1, 0.15) is 6.61 Å². The summed E-state index contributed by atoms with van der Waals surface area (Å²) in [5.74, 6) is -0.964. The molecular formula is C24H26N2O6. The van der Waals surface area contributed by atoms with Gasteiger partial charge >= 0.3 is 12.1 Å². The molecule has 1 aliphatic rings. The first-order valence-electron chi connectivity index (χ1n) is 10.5. The van der Waals surface area contributed by atoms with Crippen LogP contribution in [0.2, 0.25) is 0 Å². The predicted molar refractivity (Wildman–Crippen MR) is 118 cm³/mol. The third-order valence-corrected chi connectivity index (χ3v) is 5.63. The van der Waals surface area contributed by atoms with Gasteiger partial charge in [0.15, 0.2) is 6.29 Å². The monoisotopic (exact) mass is 438 g/mol. The summed E-state index contributed by atoms with van der Waals surface area (Å²) in [5, 5.41) is 13.1. The Morgan fingerprint density at radius 1 is 1.12 bits per heavy atom. The number of carbonyl (C=O) groups excluding carboxylic acids is 1. The number of aromatic carboxylic acids is 1. The van der Waals surface area contributed by atoms with Crippen LogP contribution in [-0.2, 0) is 20.8 Å². The summed E-state index contributed by atoms with van der Waals surface area (Å²) in [6.07, 6.45) is -1.11. The molecule has 1 aliphatic heterocycles. The zero-order valence-corrected chi connectivity index (χ0v) is 18.0. The number of carboxylic acids is 1. The Labute approximate surface area is 185 Å². The van der Waals surface area contributed by atoms with Gasteiger partial charge < -0.3 is 29.2 Å². The number of nitrogens with zero attached hydrogens (tertiary/aromatic N) is 1. The Morgan fingerprint density at radius 2 is 1.78 bits per heavy atom. The van der Waals surface area contributed by atoms with E-state index >= 15 is 0 Å². The zero-order chi connectivity index (χ0) is 22.7. The van der Waals surface area contributed by atoms with Gasteiger partial charge in [-0.05, 0) is 25.5 Å². The lowest BCUT2D eigenvalue weighted by molar-refractivity contribution is -0.206. The van der Waals surface area contributed by atoms with Crippen molar-refractivity contribution in [1.29, 1.82) is 0 Å². The molecular weight excluding hydrogens is 412 g/mol. The maximum atomic E-state index is 12.1. The fourth-order valence-corrected chi connectivity index (χ4v) is 4.12. The van der Waals surface area contributed by atoms with Crippen LogP contribution < -0.4 is 5.32 Å². The number of benzene rings is 2. The fraction of sp³-hybridized carbons (Fsp3) is 0.333. The number of hydrogen-bond acceptors (Lipinski definition) is 5. The molecule has 0 bridgehead atoms. The van der Waals surface area contributed by atoms with E-state index in [2.05, 4.69) is 5.32 Å². The van der Waals surface area contributed by atoms with Gasteiger partial charge in [0.25, 0.3) is 0 Å². The average molecular weight is 438 g/mol. The van der Waals surface area contributed by atoms with Crippen LogP contribution in [0.15, 0.2) is 54.6 Å². The zero-order valence-electron chi connectivity index (χ0n) is 18.0. The van der Waals surface area contributed by atoms with Crippen LogP contribution in [0, 0.1) is 6.92 Å². The summed E-state index contributed by atoms with van der Waals surface area (Å²) in [6.45, 7) is 4.43. The van der Waals surface area contributed by atoms with Crippen LogP contribution in [0.3, 0.4) is 0 Å². The number of ether oxygens (including phenoxy) is 3. The number of carboxylic acid groups (broad SMARTS) is 1. The Hall–Kier alpha value is -3.36. The molecule has 0 spiro atoms. The highest BCUT2D eigenvalue weighted by Gasteiger charge is 2.31. The Balaban J connectivity index is 1.37. The number of aromatic nitrogens is 1. The lowest BCUT2D eigenvalue weighted by atomic mass is 10.1. The highest BCUT2D eigenvalue weighted by Crippen LogP contribution is 2.32. The molecule has 32 heavy (non-hydrogen) atoms. The number of fused-ring (bicyclic) bond motifs is 1. The Morgan fingerprint density at radius 3 is 2.47 bits per heavy atom. The molecule has 2 aromatic carbocycles. The maximum absolute atomic E-state index is 12.1. The summed E-state index contributed by atoms with van der Waals surface area (Å²) in [4.78, 5) is 23.9. The fourth-order valence-electron chi connectivity index (χ4n) is 4.12. The van der Waals surface area contributed by atoms with Crippen molar-refractivity contribution in [2.24, 2.45) is 0 Å². The molecule has 2 heterocycles. The number of rotatable bonds is 6. The molecule has 3 aromatic rings. The maximum Gasteiger partial charge on any atom is 0.407 e. The highest BCUT2D eigenvalue weighted by atomic mass is 16.7. The molecule has 168 valence electrons. The first-order valence-corrected chi connectivity index (χ1v) is 10.5. The predicted octanol–water partition coefficient (Wildman–Crippen LogP) is 3.88. The number of amides is 1. The van der Waals surface area contributed by atoms with Gasteiger partial charge in [-0.3, -0.25) is 0 Å². The Kier molecular flexibility index (Phi) is 6.43. The quantitative estimate of drug-likeness (QED) is 0.606. The third kappa shape index (κ3) is 4.46. The van der Waals surface area contributed by atoms with Crippen LogP contribution in [0.25, 0.3) is 10.9 Å². The molecule has 4 rings (SSSR count). The minimum absolute atomic E-state index is 0.187. The molecule has 2 N–H and O–H groups in total. The molecule has 8 nitrogen and oxygen atoms in total. The van der Waals surface area contributed by atoms with Crippen LogP contribution >= 0.6 is 0 Å². The number of alkyl carbamates (subject to hydrolysis) is 1. The normalized spacial score (nSPS) is 19.4. The molecule has 1 amide bonds. The van der Waals surface area contributed by atoms with Crippen LogP contribution in [0.5, 0.6) is 0 Å². The number of hydrogen-bond donors (Lipinski definition) is 2. The topological polar surface area (TPSA) is 99.0 Å².